The fourth-order valence-corrected chi connectivity index (χ4v) is 11.8. The van der Waals surface area contributed by atoms with Gasteiger partial charge in [0.1, 0.15) is 0 Å². The minimum atomic E-state index is -0.436. The molecule has 2 aliphatic rings. The van der Waals surface area contributed by atoms with Gasteiger partial charge in [0.25, 0.3) is 0 Å². The quantitative estimate of drug-likeness (QED) is 0.155. The van der Waals surface area contributed by atoms with Gasteiger partial charge in [0.2, 0.25) is 0 Å². The Hall–Kier alpha value is -7.54. The van der Waals surface area contributed by atoms with Gasteiger partial charge in [-0.3, -0.25) is 0 Å². The Kier molecular flexibility index (Phi) is 6.05. The number of rotatable bonds is 2. The van der Waals surface area contributed by atoms with Gasteiger partial charge in [0.15, 0.2) is 0 Å². The molecule has 0 unspecified atom stereocenters. The van der Waals surface area contributed by atoms with Gasteiger partial charge in [-0.2, -0.15) is 0 Å². The molecule has 0 fully saturated rings. The predicted molar refractivity (Wildman–Crippen MR) is 250 cm³/mol. The summed E-state index contributed by atoms with van der Waals surface area (Å²) in [6.45, 7) is 0. The lowest BCUT2D eigenvalue weighted by atomic mass is 9.68. The summed E-state index contributed by atoms with van der Waals surface area (Å²) in [6, 6.07) is 78.0. The third-order valence-electron chi connectivity index (χ3n) is 14.0. The second-order valence-electron chi connectivity index (χ2n) is 16.6. The van der Waals surface area contributed by atoms with Crippen LogP contribution in [0.1, 0.15) is 22.3 Å². The zero-order chi connectivity index (χ0) is 38.4. The molecule has 1 spiro atoms. The molecule has 0 nitrogen and oxygen atoms in total. The highest BCUT2D eigenvalue weighted by Crippen LogP contribution is 2.66. The van der Waals surface area contributed by atoms with E-state index in [1.54, 1.807) is 0 Å². The van der Waals surface area contributed by atoms with Gasteiger partial charge in [-0.05, 0) is 150 Å². The molecule has 0 amide bonds. The van der Waals surface area contributed by atoms with Crippen molar-refractivity contribution in [3.05, 3.63) is 229 Å². The van der Waals surface area contributed by atoms with Gasteiger partial charge in [-0.1, -0.05) is 188 Å². The Morgan fingerprint density at radius 2 is 0.729 bits per heavy atom. The number of benzene rings is 12. The average Bonchev–Trinajstić information content (AvgIpc) is 3.79. The van der Waals surface area contributed by atoms with Crippen molar-refractivity contribution in [2.24, 2.45) is 0 Å². The smallest absolute Gasteiger partial charge is 0.0622 e. The van der Waals surface area contributed by atoms with Crippen LogP contribution < -0.4 is 0 Å². The zero-order valence-electron chi connectivity index (χ0n) is 32.1. The van der Waals surface area contributed by atoms with Crippen molar-refractivity contribution in [1.82, 2.24) is 0 Å². The fraction of sp³-hybridized carbons (Fsp3) is 0.0169. The second-order valence-corrected chi connectivity index (χ2v) is 16.6. The molecule has 0 aromatic heterocycles. The molecule has 0 heteroatoms. The minimum absolute atomic E-state index is 0.436. The van der Waals surface area contributed by atoms with E-state index in [9.17, 15) is 0 Å². The summed E-state index contributed by atoms with van der Waals surface area (Å²) < 4.78 is 0. The summed E-state index contributed by atoms with van der Waals surface area (Å²) in [5.74, 6) is 0. The monoisotopic (exact) mass is 742 g/mol. The molecule has 0 saturated carbocycles. The van der Waals surface area contributed by atoms with Crippen molar-refractivity contribution in [2.75, 3.05) is 0 Å². The third-order valence-corrected chi connectivity index (χ3v) is 14.0. The molecule has 12 aromatic carbocycles. The van der Waals surface area contributed by atoms with Gasteiger partial charge in [-0.15, -0.1) is 0 Å². The minimum Gasteiger partial charge on any atom is -0.0622 e. The zero-order valence-corrected chi connectivity index (χ0v) is 32.1. The summed E-state index contributed by atoms with van der Waals surface area (Å²) in [5.41, 5.74) is 15.6. The fourth-order valence-electron chi connectivity index (χ4n) is 11.8. The predicted octanol–water partition coefficient (Wildman–Crippen LogP) is 15.7. The molecule has 0 bridgehead atoms. The molecular formula is C59H34. The van der Waals surface area contributed by atoms with E-state index in [1.807, 2.05) is 0 Å². The Bertz CT molecular complexity index is 3730. The van der Waals surface area contributed by atoms with E-state index in [0.29, 0.717) is 0 Å². The van der Waals surface area contributed by atoms with E-state index < -0.39 is 5.41 Å². The van der Waals surface area contributed by atoms with Crippen LogP contribution >= 0.6 is 0 Å². The lowest BCUT2D eigenvalue weighted by Crippen LogP contribution is -2.26. The van der Waals surface area contributed by atoms with E-state index in [0.717, 1.165) is 0 Å². The standard InChI is InChI=1S/C59H34/c1-2-16-35(17-3-1)47-33-49-39-21-6-7-22-40(39)50(34-51(49)38-20-5-4-19-37(38)47)48-32-36-18-14-27-45-55(36)56-43(48)26-15-28-46(56)58-57(45)44-25-10-13-31-54(44)59(58)52-29-11-8-23-41(52)42-24-9-12-30-53(42)59/h1-34H. The van der Waals surface area contributed by atoms with E-state index in [4.69, 9.17) is 0 Å². The molecular weight excluding hydrogens is 709 g/mol. The van der Waals surface area contributed by atoms with Gasteiger partial charge in [0.05, 0.1) is 5.41 Å². The van der Waals surface area contributed by atoms with Crippen molar-refractivity contribution in [1.29, 1.82) is 0 Å². The van der Waals surface area contributed by atoms with Gasteiger partial charge in [-0.25, -0.2) is 0 Å². The van der Waals surface area contributed by atoms with Crippen LogP contribution in [-0.4, -0.2) is 0 Å². The molecule has 12 aromatic rings. The SMILES string of the molecule is c1ccc(-c2cc3c4ccccc4c(-c4cc5cccc6c7c(c8cccc4c8c56)C4(c5ccccc5-c5ccccc54)c4ccccc4-7)cc3c3ccccc23)cc1. The Morgan fingerprint density at radius 1 is 0.254 bits per heavy atom. The van der Waals surface area contributed by atoms with Crippen LogP contribution in [0, 0.1) is 0 Å². The largest absolute Gasteiger partial charge is 0.0731 e. The molecule has 59 heavy (non-hydrogen) atoms. The summed E-state index contributed by atoms with van der Waals surface area (Å²) >= 11 is 0. The van der Waals surface area contributed by atoms with E-state index >= 15 is 0 Å². The maximum Gasteiger partial charge on any atom is 0.0731 e. The van der Waals surface area contributed by atoms with Crippen molar-refractivity contribution >= 4 is 64.6 Å². The van der Waals surface area contributed by atoms with Gasteiger partial charge >= 0.3 is 0 Å². The van der Waals surface area contributed by atoms with E-state index in [1.165, 1.54) is 131 Å². The van der Waals surface area contributed by atoms with Crippen LogP contribution in [0.3, 0.4) is 0 Å². The molecule has 0 heterocycles. The summed E-state index contributed by atoms with van der Waals surface area (Å²) in [5, 5.41) is 15.7. The normalized spacial score (nSPS) is 13.6. The second kappa shape index (κ2) is 11.3. The molecule has 0 saturated heterocycles. The van der Waals surface area contributed by atoms with Crippen LogP contribution in [0.15, 0.2) is 206 Å². The summed E-state index contributed by atoms with van der Waals surface area (Å²) in [4.78, 5) is 0. The van der Waals surface area contributed by atoms with Crippen LogP contribution in [0.4, 0.5) is 0 Å². The average molecular weight is 743 g/mol. The Morgan fingerprint density at radius 3 is 1.42 bits per heavy atom. The molecule has 270 valence electrons. The van der Waals surface area contributed by atoms with Gasteiger partial charge in [0, 0.05) is 0 Å². The Labute approximate surface area is 341 Å². The van der Waals surface area contributed by atoms with E-state index in [2.05, 4.69) is 206 Å². The molecule has 2 aliphatic carbocycles. The molecule has 0 N–H and O–H groups in total. The van der Waals surface area contributed by atoms with Gasteiger partial charge < -0.3 is 0 Å². The highest BCUT2D eigenvalue weighted by Gasteiger charge is 2.53. The first-order valence-electron chi connectivity index (χ1n) is 20.8. The maximum atomic E-state index is 2.50. The lowest BCUT2D eigenvalue weighted by molar-refractivity contribution is 0.802. The summed E-state index contributed by atoms with van der Waals surface area (Å²) in [6.07, 6.45) is 0. The maximum absolute atomic E-state index is 2.50. The van der Waals surface area contributed by atoms with Crippen molar-refractivity contribution in [3.63, 3.8) is 0 Å². The number of hydrogen-bond donors (Lipinski definition) is 0. The van der Waals surface area contributed by atoms with E-state index in [-0.39, 0.29) is 0 Å². The molecule has 0 radical (unpaired) electrons. The first kappa shape index (κ1) is 31.5. The topological polar surface area (TPSA) is 0 Å². The van der Waals surface area contributed by atoms with Crippen LogP contribution in [0.2, 0.25) is 0 Å². The van der Waals surface area contributed by atoms with Crippen LogP contribution in [-0.2, 0) is 5.41 Å². The number of hydrogen-bond acceptors (Lipinski definition) is 0. The third kappa shape index (κ3) is 3.85. The lowest BCUT2D eigenvalue weighted by Gasteiger charge is -2.32. The Balaban J connectivity index is 1.15. The van der Waals surface area contributed by atoms with Crippen molar-refractivity contribution < 1.29 is 0 Å². The number of fused-ring (bicyclic) bond motifs is 17. The van der Waals surface area contributed by atoms with Crippen LogP contribution in [0.5, 0.6) is 0 Å². The highest BCUT2D eigenvalue weighted by molar-refractivity contribution is 6.33. The van der Waals surface area contributed by atoms with Crippen molar-refractivity contribution in [3.8, 4) is 44.5 Å². The first-order chi connectivity index (χ1) is 29.3. The summed E-state index contributed by atoms with van der Waals surface area (Å²) in [7, 11) is 0. The molecule has 0 aliphatic heterocycles. The first-order valence-corrected chi connectivity index (χ1v) is 20.8. The molecule has 0 atom stereocenters. The van der Waals surface area contributed by atoms with Crippen molar-refractivity contribution in [2.45, 2.75) is 5.41 Å². The highest BCUT2D eigenvalue weighted by atomic mass is 14.5. The van der Waals surface area contributed by atoms with Crippen LogP contribution in [0.25, 0.3) is 109 Å². The molecule has 14 rings (SSSR count).